The molecule has 0 saturated heterocycles. The third-order valence-corrected chi connectivity index (χ3v) is 2.45. The van der Waals surface area contributed by atoms with Crippen molar-refractivity contribution in [3.8, 4) is 0 Å². The van der Waals surface area contributed by atoms with Gasteiger partial charge in [-0.05, 0) is 31.4 Å². The number of benzene rings is 1. The van der Waals surface area contributed by atoms with Gasteiger partial charge in [0.05, 0.1) is 0 Å². The van der Waals surface area contributed by atoms with Gasteiger partial charge in [-0.1, -0.05) is 13.8 Å². The van der Waals surface area contributed by atoms with Crippen molar-refractivity contribution in [3.05, 3.63) is 35.1 Å². The maximum Gasteiger partial charge on any atom is 0.251 e. The molecule has 1 unspecified atom stereocenters. The maximum atomic E-state index is 13.0. The van der Waals surface area contributed by atoms with E-state index in [9.17, 15) is 18.0 Å². The highest BCUT2D eigenvalue weighted by Crippen LogP contribution is 2.14. The fourth-order valence-electron chi connectivity index (χ4n) is 1.76. The van der Waals surface area contributed by atoms with Crippen LogP contribution in [0.3, 0.4) is 0 Å². The lowest BCUT2D eigenvalue weighted by atomic mass is 10.0. The van der Waals surface area contributed by atoms with Crippen molar-refractivity contribution in [2.24, 2.45) is 5.92 Å². The van der Waals surface area contributed by atoms with Crippen LogP contribution < -0.4 is 5.32 Å². The molecule has 0 aromatic heterocycles. The Bertz CT molecular complexity index is 423. The summed E-state index contributed by atoms with van der Waals surface area (Å²) in [6.07, 6.45) is 0.748. The summed E-state index contributed by atoms with van der Waals surface area (Å²) in [5.74, 6) is -4.52. The first-order chi connectivity index (χ1) is 8.31. The van der Waals surface area contributed by atoms with Crippen LogP contribution in [-0.4, -0.2) is 11.9 Å². The largest absolute Gasteiger partial charge is 0.350 e. The fourth-order valence-corrected chi connectivity index (χ4v) is 1.76. The summed E-state index contributed by atoms with van der Waals surface area (Å²) in [5, 5.41) is 2.61. The third-order valence-electron chi connectivity index (χ3n) is 2.45. The summed E-state index contributed by atoms with van der Waals surface area (Å²) in [6.45, 7) is 5.80. The Labute approximate surface area is 104 Å². The molecule has 1 aromatic rings. The number of hydrogen-bond acceptors (Lipinski definition) is 1. The zero-order valence-corrected chi connectivity index (χ0v) is 10.6. The molecule has 1 aromatic carbocycles. The topological polar surface area (TPSA) is 29.1 Å². The highest BCUT2D eigenvalue weighted by Gasteiger charge is 2.16. The Balaban J connectivity index is 2.79. The second-order valence-corrected chi connectivity index (χ2v) is 4.76. The van der Waals surface area contributed by atoms with Gasteiger partial charge in [-0.15, -0.1) is 0 Å². The molecule has 0 aliphatic heterocycles. The summed E-state index contributed by atoms with van der Waals surface area (Å²) < 4.78 is 38.6. The molecular weight excluding hydrogens is 243 g/mol. The van der Waals surface area contributed by atoms with Gasteiger partial charge >= 0.3 is 0 Å². The number of carbonyl (C=O) groups is 1. The quantitative estimate of drug-likeness (QED) is 0.826. The lowest BCUT2D eigenvalue weighted by molar-refractivity contribution is 0.0935. The van der Waals surface area contributed by atoms with Gasteiger partial charge in [0.2, 0.25) is 0 Å². The smallest absolute Gasteiger partial charge is 0.251 e. The molecule has 0 bridgehead atoms. The number of amides is 1. The SMILES string of the molecule is CC(C)CC(C)NC(=O)c1cc(F)c(F)c(F)c1. The highest BCUT2D eigenvalue weighted by atomic mass is 19.2. The van der Waals surface area contributed by atoms with Crippen LogP contribution in [0.5, 0.6) is 0 Å². The minimum Gasteiger partial charge on any atom is -0.350 e. The van der Waals surface area contributed by atoms with E-state index in [0.29, 0.717) is 18.1 Å². The minimum absolute atomic E-state index is 0.117. The highest BCUT2D eigenvalue weighted by molar-refractivity contribution is 5.94. The average Bonchev–Trinajstić information content (AvgIpc) is 2.23. The normalized spacial score (nSPS) is 12.6. The van der Waals surface area contributed by atoms with Crippen molar-refractivity contribution in [2.75, 3.05) is 0 Å². The number of halogens is 3. The Morgan fingerprint density at radius 1 is 1.17 bits per heavy atom. The van der Waals surface area contributed by atoms with Crippen LogP contribution in [0.4, 0.5) is 13.2 Å². The van der Waals surface area contributed by atoms with Gasteiger partial charge < -0.3 is 5.32 Å². The Morgan fingerprint density at radius 3 is 2.11 bits per heavy atom. The zero-order valence-electron chi connectivity index (χ0n) is 10.6. The zero-order chi connectivity index (χ0) is 13.9. The van der Waals surface area contributed by atoms with Gasteiger partial charge in [-0.25, -0.2) is 13.2 Å². The van der Waals surface area contributed by atoms with Crippen molar-refractivity contribution in [1.82, 2.24) is 5.32 Å². The second-order valence-electron chi connectivity index (χ2n) is 4.76. The van der Waals surface area contributed by atoms with E-state index >= 15 is 0 Å². The number of hydrogen-bond donors (Lipinski definition) is 1. The molecule has 0 fully saturated rings. The van der Waals surface area contributed by atoms with Gasteiger partial charge in [0, 0.05) is 11.6 Å². The van der Waals surface area contributed by atoms with Crippen molar-refractivity contribution >= 4 is 5.91 Å². The summed E-state index contributed by atoms with van der Waals surface area (Å²) >= 11 is 0. The maximum absolute atomic E-state index is 13.0. The number of nitrogens with one attached hydrogen (secondary N) is 1. The van der Waals surface area contributed by atoms with Crippen LogP contribution in [0.2, 0.25) is 0 Å². The van der Waals surface area contributed by atoms with E-state index in [0.717, 1.165) is 6.42 Å². The van der Waals surface area contributed by atoms with Crippen molar-refractivity contribution in [1.29, 1.82) is 0 Å². The minimum atomic E-state index is -1.57. The second kappa shape index (κ2) is 5.89. The van der Waals surface area contributed by atoms with Gasteiger partial charge in [0.25, 0.3) is 5.91 Å². The average molecular weight is 259 g/mol. The number of rotatable bonds is 4. The summed E-state index contributed by atoms with van der Waals surface area (Å²) in [7, 11) is 0. The molecule has 5 heteroatoms. The van der Waals surface area contributed by atoms with Gasteiger partial charge in [-0.2, -0.15) is 0 Å². The Kier molecular flexibility index (Phi) is 4.76. The summed E-state index contributed by atoms with van der Waals surface area (Å²) in [5.41, 5.74) is -0.220. The summed E-state index contributed by atoms with van der Waals surface area (Å²) in [6, 6.07) is 1.26. The molecular formula is C13H16F3NO. The first-order valence-electron chi connectivity index (χ1n) is 5.76. The Hall–Kier alpha value is -1.52. The van der Waals surface area contributed by atoms with Crippen LogP contribution in [-0.2, 0) is 0 Å². The molecule has 1 atom stereocenters. The first kappa shape index (κ1) is 14.5. The predicted octanol–water partition coefficient (Wildman–Crippen LogP) is 3.27. The predicted molar refractivity (Wildman–Crippen MR) is 62.7 cm³/mol. The van der Waals surface area contributed by atoms with Crippen LogP contribution in [0.25, 0.3) is 0 Å². The molecule has 1 N–H and O–H groups in total. The third kappa shape index (κ3) is 3.75. The molecule has 0 spiro atoms. The molecule has 0 aliphatic rings. The van der Waals surface area contributed by atoms with Crippen LogP contribution in [0.15, 0.2) is 12.1 Å². The van der Waals surface area contributed by atoms with E-state index in [1.807, 2.05) is 13.8 Å². The van der Waals surface area contributed by atoms with E-state index in [1.165, 1.54) is 0 Å². The lowest BCUT2D eigenvalue weighted by Gasteiger charge is -2.16. The van der Waals surface area contributed by atoms with Gasteiger partial charge in [0.15, 0.2) is 17.5 Å². The molecule has 0 radical (unpaired) electrons. The molecule has 0 aliphatic carbocycles. The van der Waals surface area contributed by atoms with Crippen molar-refractivity contribution in [2.45, 2.75) is 33.2 Å². The molecule has 18 heavy (non-hydrogen) atoms. The standard InChI is InChI=1S/C13H16F3NO/c1-7(2)4-8(3)17-13(18)9-5-10(14)12(16)11(15)6-9/h5-8H,4H2,1-3H3,(H,17,18). The summed E-state index contributed by atoms with van der Waals surface area (Å²) in [4.78, 5) is 11.7. The van der Waals surface area contributed by atoms with Crippen LogP contribution >= 0.6 is 0 Å². The van der Waals surface area contributed by atoms with Gasteiger partial charge in [-0.3, -0.25) is 4.79 Å². The van der Waals surface area contributed by atoms with Crippen LogP contribution in [0, 0.1) is 23.4 Å². The molecule has 0 heterocycles. The van der Waals surface area contributed by atoms with E-state index in [-0.39, 0.29) is 11.6 Å². The molecule has 2 nitrogen and oxygen atoms in total. The molecule has 100 valence electrons. The van der Waals surface area contributed by atoms with Gasteiger partial charge in [0.1, 0.15) is 0 Å². The Morgan fingerprint density at radius 2 is 1.67 bits per heavy atom. The molecule has 0 saturated carbocycles. The van der Waals surface area contributed by atoms with E-state index in [1.54, 1.807) is 6.92 Å². The lowest BCUT2D eigenvalue weighted by Crippen LogP contribution is -2.33. The van der Waals surface area contributed by atoms with Crippen LogP contribution in [0.1, 0.15) is 37.6 Å². The van der Waals surface area contributed by atoms with E-state index < -0.39 is 23.4 Å². The van der Waals surface area contributed by atoms with E-state index in [4.69, 9.17) is 0 Å². The van der Waals surface area contributed by atoms with Crippen molar-refractivity contribution in [3.63, 3.8) is 0 Å². The fraction of sp³-hybridized carbons (Fsp3) is 0.462. The van der Waals surface area contributed by atoms with Crippen molar-refractivity contribution < 1.29 is 18.0 Å². The number of carbonyl (C=O) groups excluding carboxylic acids is 1. The molecule has 1 amide bonds. The van der Waals surface area contributed by atoms with E-state index in [2.05, 4.69) is 5.32 Å². The molecule has 1 rings (SSSR count). The monoisotopic (exact) mass is 259 g/mol. The first-order valence-corrected chi connectivity index (χ1v) is 5.76.